The van der Waals surface area contributed by atoms with Crippen LogP contribution in [0.3, 0.4) is 0 Å². The lowest BCUT2D eigenvalue weighted by Crippen LogP contribution is -2.50. The monoisotopic (exact) mass is 210 g/mol. The second-order valence-corrected chi connectivity index (χ2v) is 5.44. The summed E-state index contributed by atoms with van der Waals surface area (Å²) in [6, 6.07) is 1.56. The van der Waals surface area contributed by atoms with E-state index in [1.54, 1.807) is 0 Å². The van der Waals surface area contributed by atoms with Crippen LogP contribution in [0.1, 0.15) is 45.4 Å². The average Bonchev–Trinajstić information content (AvgIpc) is 2.29. The Morgan fingerprint density at radius 2 is 1.93 bits per heavy atom. The van der Waals surface area contributed by atoms with E-state index in [4.69, 9.17) is 0 Å². The van der Waals surface area contributed by atoms with Gasteiger partial charge in [-0.3, -0.25) is 4.90 Å². The maximum atomic E-state index is 3.37. The second-order valence-electron chi connectivity index (χ2n) is 5.44. The number of likely N-dealkylation sites (tertiary alicyclic amines) is 1. The number of rotatable bonds is 3. The van der Waals surface area contributed by atoms with Gasteiger partial charge in [-0.1, -0.05) is 12.8 Å². The van der Waals surface area contributed by atoms with E-state index in [1.807, 2.05) is 0 Å². The molecule has 1 aliphatic carbocycles. The minimum Gasteiger partial charge on any atom is -0.316 e. The van der Waals surface area contributed by atoms with Crippen LogP contribution < -0.4 is 5.32 Å². The van der Waals surface area contributed by atoms with Gasteiger partial charge >= 0.3 is 0 Å². The van der Waals surface area contributed by atoms with Gasteiger partial charge in [-0.05, 0) is 52.1 Å². The standard InChI is InChI=1S/C13H26N2/c1-11(14-2)10-15-9-5-7-12-6-3-4-8-13(12)15/h11-14H,3-10H2,1-2H3/t11?,12-,13-/m1/s1. The van der Waals surface area contributed by atoms with E-state index >= 15 is 0 Å². The van der Waals surface area contributed by atoms with Gasteiger partial charge in [-0.25, -0.2) is 0 Å². The summed E-state index contributed by atoms with van der Waals surface area (Å²) in [5.74, 6) is 1.02. The number of nitrogens with zero attached hydrogens (tertiary/aromatic N) is 1. The Labute approximate surface area is 94.4 Å². The summed E-state index contributed by atoms with van der Waals surface area (Å²) in [5, 5.41) is 3.37. The van der Waals surface area contributed by atoms with Crippen molar-refractivity contribution in [3.63, 3.8) is 0 Å². The van der Waals surface area contributed by atoms with Crippen molar-refractivity contribution in [2.45, 2.75) is 57.5 Å². The smallest absolute Gasteiger partial charge is 0.0163 e. The minimum absolute atomic E-state index is 0.644. The number of hydrogen-bond donors (Lipinski definition) is 1. The number of hydrogen-bond acceptors (Lipinski definition) is 2. The third-order valence-corrected chi connectivity index (χ3v) is 4.36. The predicted octanol–water partition coefficient (Wildman–Crippen LogP) is 2.25. The van der Waals surface area contributed by atoms with Gasteiger partial charge < -0.3 is 5.32 Å². The normalized spacial score (nSPS) is 34.8. The number of nitrogens with one attached hydrogen (secondary N) is 1. The first-order valence-corrected chi connectivity index (χ1v) is 6.72. The van der Waals surface area contributed by atoms with Gasteiger partial charge in [-0.15, -0.1) is 0 Å². The molecule has 88 valence electrons. The molecule has 2 fully saturated rings. The first kappa shape index (κ1) is 11.4. The molecule has 2 nitrogen and oxygen atoms in total. The zero-order valence-electron chi connectivity index (χ0n) is 10.3. The van der Waals surface area contributed by atoms with Crippen LogP contribution in [0.25, 0.3) is 0 Å². The molecule has 0 spiro atoms. The highest BCUT2D eigenvalue weighted by atomic mass is 15.2. The lowest BCUT2D eigenvalue weighted by atomic mass is 9.78. The third kappa shape index (κ3) is 2.73. The molecule has 3 atom stereocenters. The van der Waals surface area contributed by atoms with E-state index in [-0.39, 0.29) is 0 Å². The van der Waals surface area contributed by atoms with Crippen molar-refractivity contribution in [1.82, 2.24) is 10.2 Å². The molecule has 0 bridgehead atoms. The molecule has 1 heterocycles. The Balaban J connectivity index is 1.91. The van der Waals surface area contributed by atoms with E-state index in [1.165, 1.54) is 51.6 Å². The molecule has 1 N–H and O–H groups in total. The van der Waals surface area contributed by atoms with E-state index in [0.29, 0.717) is 6.04 Å². The molecule has 0 aromatic heterocycles. The van der Waals surface area contributed by atoms with Gasteiger partial charge in [0.1, 0.15) is 0 Å². The van der Waals surface area contributed by atoms with Crippen LogP contribution in [-0.4, -0.2) is 37.1 Å². The number of piperidine rings is 1. The zero-order valence-corrected chi connectivity index (χ0v) is 10.3. The van der Waals surface area contributed by atoms with Crippen LogP contribution in [0.15, 0.2) is 0 Å². The van der Waals surface area contributed by atoms with Gasteiger partial charge in [0, 0.05) is 18.6 Å². The quantitative estimate of drug-likeness (QED) is 0.768. The number of likely N-dealkylation sites (N-methyl/N-ethyl adjacent to an activating group) is 1. The predicted molar refractivity (Wildman–Crippen MR) is 65.1 cm³/mol. The fourth-order valence-corrected chi connectivity index (χ4v) is 3.40. The molecule has 2 aliphatic rings. The second kappa shape index (κ2) is 5.31. The van der Waals surface area contributed by atoms with Crippen LogP contribution >= 0.6 is 0 Å². The van der Waals surface area contributed by atoms with Crippen LogP contribution in [0.4, 0.5) is 0 Å². The molecule has 1 saturated heterocycles. The van der Waals surface area contributed by atoms with Gasteiger partial charge in [0.05, 0.1) is 0 Å². The third-order valence-electron chi connectivity index (χ3n) is 4.36. The summed E-state index contributed by atoms with van der Waals surface area (Å²) in [6.45, 7) is 4.89. The van der Waals surface area contributed by atoms with Gasteiger partial charge in [0.2, 0.25) is 0 Å². The van der Waals surface area contributed by atoms with E-state index in [2.05, 4.69) is 24.2 Å². The minimum atomic E-state index is 0.644. The summed E-state index contributed by atoms with van der Waals surface area (Å²) in [4.78, 5) is 2.76. The Morgan fingerprint density at radius 3 is 2.73 bits per heavy atom. The van der Waals surface area contributed by atoms with Crippen molar-refractivity contribution in [2.75, 3.05) is 20.1 Å². The first-order valence-electron chi connectivity index (χ1n) is 6.72. The van der Waals surface area contributed by atoms with Crippen LogP contribution in [0.5, 0.6) is 0 Å². The summed E-state index contributed by atoms with van der Waals surface area (Å²) >= 11 is 0. The molecule has 0 radical (unpaired) electrons. The van der Waals surface area contributed by atoms with Gasteiger partial charge in [-0.2, -0.15) is 0 Å². The lowest BCUT2D eigenvalue weighted by molar-refractivity contribution is 0.0551. The van der Waals surface area contributed by atoms with Crippen LogP contribution in [0, 0.1) is 5.92 Å². The maximum Gasteiger partial charge on any atom is 0.0163 e. The van der Waals surface area contributed by atoms with Crippen molar-refractivity contribution in [2.24, 2.45) is 5.92 Å². The molecule has 1 unspecified atom stereocenters. The van der Waals surface area contributed by atoms with Crippen molar-refractivity contribution in [3.05, 3.63) is 0 Å². The largest absolute Gasteiger partial charge is 0.316 e. The zero-order chi connectivity index (χ0) is 10.7. The Hall–Kier alpha value is -0.0800. The summed E-state index contributed by atoms with van der Waals surface area (Å²) in [6.07, 6.45) is 8.82. The SMILES string of the molecule is CNC(C)CN1CCC[C@H]2CCCC[C@H]21. The van der Waals surface area contributed by atoms with Gasteiger partial charge in [0.25, 0.3) is 0 Å². The summed E-state index contributed by atoms with van der Waals surface area (Å²) in [5.41, 5.74) is 0. The summed E-state index contributed by atoms with van der Waals surface area (Å²) in [7, 11) is 2.08. The number of fused-ring (bicyclic) bond motifs is 1. The van der Waals surface area contributed by atoms with Crippen molar-refractivity contribution in [1.29, 1.82) is 0 Å². The fraction of sp³-hybridized carbons (Fsp3) is 1.00. The van der Waals surface area contributed by atoms with Crippen molar-refractivity contribution < 1.29 is 0 Å². The van der Waals surface area contributed by atoms with Crippen molar-refractivity contribution >= 4 is 0 Å². The van der Waals surface area contributed by atoms with E-state index in [0.717, 1.165) is 12.0 Å². The molecule has 15 heavy (non-hydrogen) atoms. The van der Waals surface area contributed by atoms with Crippen molar-refractivity contribution in [3.8, 4) is 0 Å². The molecule has 2 heteroatoms. The first-order chi connectivity index (χ1) is 7.31. The highest BCUT2D eigenvalue weighted by Crippen LogP contribution is 2.35. The Morgan fingerprint density at radius 1 is 1.20 bits per heavy atom. The highest BCUT2D eigenvalue weighted by Gasteiger charge is 2.33. The van der Waals surface area contributed by atoms with Crippen LogP contribution in [-0.2, 0) is 0 Å². The molecular formula is C13H26N2. The van der Waals surface area contributed by atoms with E-state index in [9.17, 15) is 0 Å². The highest BCUT2D eigenvalue weighted by molar-refractivity contribution is 4.88. The fourth-order valence-electron chi connectivity index (χ4n) is 3.40. The molecule has 0 aromatic rings. The average molecular weight is 210 g/mol. The molecule has 1 saturated carbocycles. The maximum absolute atomic E-state index is 3.37. The molecular weight excluding hydrogens is 184 g/mol. The Bertz CT molecular complexity index is 191. The van der Waals surface area contributed by atoms with Gasteiger partial charge in [0.15, 0.2) is 0 Å². The van der Waals surface area contributed by atoms with Crippen LogP contribution in [0.2, 0.25) is 0 Å². The van der Waals surface area contributed by atoms with E-state index < -0.39 is 0 Å². The summed E-state index contributed by atoms with van der Waals surface area (Å²) < 4.78 is 0. The molecule has 0 aromatic carbocycles. The topological polar surface area (TPSA) is 15.3 Å². The molecule has 2 rings (SSSR count). The lowest BCUT2D eigenvalue weighted by Gasteiger charge is -2.45. The Kier molecular flexibility index (Phi) is 4.04. The molecule has 1 aliphatic heterocycles. The molecule has 0 amide bonds.